The van der Waals surface area contributed by atoms with Crippen molar-refractivity contribution in [1.29, 1.82) is 0 Å². The van der Waals surface area contributed by atoms with Crippen molar-refractivity contribution in [2.24, 2.45) is 5.92 Å². The summed E-state index contributed by atoms with van der Waals surface area (Å²) in [6.07, 6.45) is -5.32. The molecule has 4 N–H and O–H groups in total. The monoisotopic (exact) mass is 348 g/mol. The Morgan fingerprint density at radius 1 is 1.33 bits per heavy atom. The normalized spacial score (nSPS) is 27.1. The van der Waals surface area contributed by atoms with Gasteiger partial charge in [0.15, 0.2) is 0 Å². The number of alkyl halides is 3. The molecule has 0 aromatic heterocycles. The Morgan fingerprint density at radius 3 is 2.42 bits per heavy atom. The lowest BCUT2D eigenvalue weighted by Crippen LogP contribution is -2.73. The van der Waals surface area contributed by atoms with Crippen molar-refractivity contribution >= 4 is 12.0 Å². The smallest absolute Gasteiger partial charge is 0.437 e. The number of aromatic hydroxyl groups is 1. The zero-order chi connectivity index (χ0) is 18.1. The van der Waals surface area contributed by atoms with Crippen molar-refractivity contribution in [2.45, 2.75) is 24.9 Å². The largest absolute Gasteiger partial charge is 0.508 e. The summed E-state index contributed by atoms with van der Waals surface area (Å²) in [5.41, 5.74) is -3.71. The van der Waals surface area contributed by atoms with Gasteiger partial charge in [-0.05, 0) is 24.6 Å². The van der Waals surface area contributed by atoms with Gasteiger partial charge in [-0.1, -0.05) is 12.1 Å². The highest BCUT2D eigenvalue weighted by atomic mass is 19.4. The number of hydrogen-bond donors (Lipinski definition) is 4. The third-order valence-electron chi connectivity index (χ3n) is 3.60. The molecule has 7 nitrogen and oxygen atoms in total. The van der Waals surface area contributed by atoms with Gasteiger partial charge in [0, 0.05) is 0 Å². The lowest BCUT2D eigenvalue weighted by molar-refractivity contribution is -0.294. The van der Waals surface area contributed by atoms with Crippen LogP contribution in [0.25, 0.3) is 0 Å². The van der Waals surface area contributed by atoms with E-state index >= 15 is 0 Å². The molecule has 1 heterocycles. The van der Waals surface area contributed by atoms with E-state index in [9.17, 15) is 33.0 Å². The molecule has 10 heteroatoms. The number of benzene rings is 1. The Balaban J connectivity index is 2.55. The topological polar surface area (TPSA) is 108 Å². The fourth-order valence-corrected chi connectivity index (χ4v) is 2.50. The molecule has 1 fully saturated rings. The lowest BCUT2D eigenvalue weighted by Gasteiger charge is -2.44. The molecule has 0 unspecified atom stereocenters. The summed E-state index contributed by atoms with van der Waals surface area (Å²) in [7, 11) is 0. The number of rotatable bonds is 3. The van der Waals surface area contributed by atoms with Gasteiger partial charge in [0.1, 0.15) is 11.7 Å². The van der Waals surface area contributed by atoms with E-state index < -0.39 is 35.9 Å². The summed E-state index contributed by atoms with van der Waals surface area (Å²) in [5, 5.41) is 22.9. The fourth-order valence-electron chi connectivity index (χ4n) is 2.50. The maximum Gasteiger partial charge on any atom is 0.437 e. The van der Waals surface area contributed by atoms with Gasteiger partial charge in [-0.2, -0.15) is 13.2 Å². The van der Waals surface area contributed by atoms with Crippen LogP contribution in [-0.4, -0.2) is 40.7 Å². The molecule has 3 atom stereocenters. The fraction of sp³-hybridized carbons (Fsp3) is 0.429. The van der Waals surface area contributed by atoms with E-state index in [1.54, 1.807) is 0 Å². The van der Waals surface area contributed by atoms with Crippen molar-refractivity contribution in [2.75, 3.05) is 6.61 Å². The summed E-state index contributed by atoms with van der Waals surface area (Å²) >= 11 is 0. The molecule has 0 aliphatic carbocycles. The molecule has 0 radical (unpaired) electrons. The first-order valence-electron chi connectivity index (χ1n) is 6.93. The summed E-state index contributed by atoms with van der Waals surface area (Å²) in [6.45, 7) is 1.19. The first-order valence-corrected chi connectivity index (χ1v) is 6.93. The summed E-state index contributed by atoms with van der Waals surface area (Å²) < 4.78 is 44.7. The zero-order valence-electron chi connectivity index (χ0n) is 12.4. The van der Waals surface area contributed by atoms with Crippen LogP contribution in [-0.2, 0) is 9.53 Å². The number of carbonyl (C=O) groups excluding carboxylic acids is 2. The minimum atomic E-state index is -5.32. The summed E-state index contributed by atoms with van der Waals surface area (Å²) in [4.78, 5) is 23.7. The highest BCUT2D eigenvalue weighted by molar-refractivity contribution is 5.83. The van der Waals surface area contributed by atoms with Gasteiger partial charge in [-0.25, -0.2) is 4.79 Å². The molecule has 2 rings (SSSR count). The molecule has 2 amide bonds. The second-order valence-electron chi connectivity index (χ2n) is 5.16. The average Bonchev–Trinajstić information content (AvgIpc) is 2.46. The number of ether oxygens (including phenoxy) is 1. The molecular formula is C14H15F3N2O5. The van der Waals surface area contributed by atoms with Gasteiger partial charge < -0.3 is 25.6 Å². The Labute approximate surface area is 134 Å². The molecule has 1 aliphatic heterocycles. The minimum Gasteiger partial charge on any atom is -0.508 e. The van der Waals surface area contributed by atoms with Crippen LogP contribution in [0.4, 0.5) is 18.0 Å². The van der Waals surface area contributed by atoms with Crippen molar-refractivity contribution in [3.05, 3.63) is 29.8 Å². The van der Waals surface area contributed by atoms with Crippen LogP contribution in [0.1, 0.15) is 18.5 Å². The SMILES string of the molecule is CCOC(=O)[C@H]1[C@H](c2ccc(O)cc2)NC(=O)N[C@]1(O)C(F)(F)F. The first-order chi connectivity index (χ1) is 11.1. The number of aliphatic hydroxyl groups is 1. The predicted molar refractivity (Wildman–Crippen MR) is 73.6 cm³/mol. The zero-order valence-corrected chi connectivity index (χ0v) is 12.4. The van der Waals surface area contributed by atoms with E-state index in [1.165, 1.54) is 36.5 Å². The van der Waals surface area contributed by atoms with E-state index in [4.69, 9.17) is 0 Å². The minimum absolute atomic E-state index is 0.0865. The van der Waals surface area contributed by atoms with Crippen LogP contribution in [0.2, 0.25) is 0 Å². The standard InChI is InChI=1S/C14H15F3N2O5/c1-2-24-11(21)9-10(7-3-5-8(20)6-4-7)18-12(22)19-13(9,23)14(15,16)17/h3-6,9-10,20,23H,2H2,1H3,(H2,18,19,22)/t9-,10+,13-/m1/s1. The third kappa shape index (κ3) is 3.09. The maximum absolute atomic E-state index is 13.4. The molecule has 0 bridgehead atoms. The van der Waals surface area contributed by atoms with Crippen molar-refractivity contribution in [1.82, 2.24) is 10.6 Å². The van der Waals surface area contributed by atoms with Crippen LogP contribution >= 0.6 is 0 Å². The number of hydrogen-bond acceptors (Lipinski definition) is 5. The number of halogens is 3. The quantitative estimate of drug-likeness (QED) is 0.614. The summed E-state index contributed by atoms with van der Waals surface area (Å²) in [6, 6.07) is 2.01. The molecule has 1 aliphatic rings. The molecule has 24 heavy (non-hydrogen) atoms. The Bertz CT molecular complexity index is 634. The van der Waals surface area contributed by atoms with Gasteiger partial charge >= 0.3 is 18.2 Å². The van der Waals surface area contributed by atoms with Crippen molar-refractivity contribution in [3.8, 4) is 5.75 Å². The number of phenolic OH excluding ortho intramolecular Hbond substituents is 1. The Hall–Kier alpha value is -2.49. The number of amides is 2. The van der Waals surface area contributed by atoms with Gasteiger partial charge in [0.25, 0.3) is 5.72 Å². The molecule has 1 aromatic rings. The highest BCUT2D eigenvalue weighted by Crippen LogP contribution is 2.43. The van der Waals surface area contributed by atoms with Crippen molar-refractivity contribution in [3.63, 3.8) is 0 Å². The number of esters is 1. The predicted octanol–water partition coefficient (Wildman–Crippen LogP) is 1.18. The maximum atomic E-state index is 13.4. The molecule has 0 spiro atoms. The third-order valence-corrected chi connectivity index (χ3v) is 3.60. The van der Waals surface area contributed by atoms with E-state index in [2.05, 4.69) is 10.1 Å². The number of urea groups is 1. The van der Waals surface area contributed by atoms with E-state index in [0.717, 1.165) is 0 Å². The van der Waals surface area contributed by atoms with Crippen molar-refractivity contribution < 1.29 is 37.7 Å². The number of carbonyl (C=O) groups is 2. The van der Waals surface area contributed by atoms with Gasteiger partial charge in [0.05, 0.1) is 12.6 Å². The van der Waals surface area contributed by atoms with Gasteiger partial charge in [-0.15, -0.1) is 0 Å². The van der Waals surface area contributed by atoms with Gasteiger partial charge in [-0.3, -0.25) is 4.79 Å². The summed E-state index contributed by atoms with van der Waals surface area (Å²) in [5.74, 6) is -3.67. The Morgan fingerprint density at radius 2 is 1.92 bits per heavy atom. The van der Waals surface area contributed by atoms with Crippen LogP contribution < -0.4 is 10.6 Å². The van der Waals surface area contributed by atoms with Crippen LogP contribution in [0, 0.1) is 5.92 Å². The molecule has 0 saturated carbocycles. The van der Waals surface area contributed by atoms with Crippen LogP contribution in [0.5, 0.6) is 5.75 Å². The van der Waals surface area contributed by atoms with E-state index in [0.29, 0.717) is 0 Å². The Kier molecular flexibility index (Phi) is 4.61. The van der Waals surface area contributed by atoms with Gasteiger partial charge in [0.2, 0.25) is 0 Å². The van der Waals surface area contributed by atoms with E-state index in [1.807, 2.05) is 0 Å². The second kappa shape index (κ2) is 6.19. The second-order valence-corrected chi connectivity index (χ2v) is 5.16. The van der Waals surface area contributed by atoms with Crippen LogP contribution in [0.15, 0.2) is 24.3 Å². The van der Waals surface area contributed by atoms with E-state index in [-0.39, 0.29) is 17.9 Å². The molecular weight excluding hydrogens is 333 g/mol. The first kappa shape index (κ1) is 17.9. The molecule has 1 aromatic carbocycles. The highest BCUT2D eigenvalue weighted by Gasteiger charge is 2.67. The number of nitrogens with one attached hydrogen (secondary N) is 2. The number of phenols is 1. The average molecular weight is 348 g/mol. The molecule has 1 saturated heterocycles. The van der Waals surface area contributed by atoms with Crippen LogP contribution in [0.3, 0.4) is 0 Å². The molecule has 132 valence electrons. The lowest BCUT2D eigenvalue weighted by atomic mass is 9.82.